The minimum absolute atomic E-state index is 0.0139. The Labute approximate surface area is 118 Å². The van der Waals surface area contributed by atoms with E-state index in [1.54, 1.807) is 0 Å². The molecule has 19 heavy (non-hydrogen) atoms. The van der Waals surface area contributed by atoms with Crippen LogP contribution in [0.25, 0.3) is 0 Å². The van der Waals surface area contributed by atoms with Crippen LogP contribution in [0.5, 0.6) is 0 Å². The van der Waals surface area contributed by atoms with Gasteiger partial charge in [-0.1, -0.05) is 15.9 Å². The lowest BCUT2D eigenvalue weighted by Crippen LogP contribution is -2.40. The SMILES string of the molecule is CC(C)(CNC(=O)Nc1cc(Br)ccc1F)C(=O)O. The number of hydrogen-bond donors (Lipinski definition) is 3. The lowest BCUT2D eigenvalue weighted by molar-refractivity contribution is -0.146. The molecule has 0 aliphatic rings. The molecule has 0 aromatic heterocycles. The van der Waals surface area contributed by atoms with E-state index < -0.39 is 23.2 Å². The molecule has 1 rings (SSSR count). The van der Waals surface area contributed by atoms with E-state index >= 15 is 0 Å². The summed E-state index contributed by atoms with van der Waals surface area (Å²) in [6.07, 6.45) is 0. The number of carboxylic acid groups (broad SMARTS) is 1. The molecule has 0 saturated carbocycles. The zero-order valence-corrected chi connectivity index (χ0v) is 12.0. The van der Waals surface area contributed by atoms with Gasteiger partial charge in [-0.05, 0) is 32.0 Å². The van der Waals surface area contributed by atoms with Crippen LogP contribution in [0.1, 0.15) is 13.8 Å². The minimum Gasteiger partial charge on any atom is -0.481 e. The van der Waals surface area contributed by atoms with Gasteiger partial charge in [-0.25, -0.2) is 9.18 Å². The largest absolute Gasteiger partial charge is 0.481 e. The van der Waals surface area contributed by atoms with Gasteiger partial charge in [0.25, 0.3) is 0 Å². The predicted molar refractivity (Wildman–Crippen MR) is 72.5 cm³/mol. The van der Waals surface area contributed by atoms with Gasteiger partial charge in [0.1, 0.15) is 5.82 Å². The molecule has 5 nitrogen and oxygen atoms in total. The van der Waals surface area contributed by atoms with Gasteiger partial charge in [0.05, 0.1) is 11.1 Å². The maximum absolute atomic E-state index is 13.4. The molecule has 0 aliphatic carbocycles. The molecule has 0 unspecified atom stereocenters. The summed E-state index contributed by atoms with van der Waals surface area (Å²) >= 11 is 3.16. The Bertz CT molecular complexity index is 506. The quantitative estimate of drug-likeness (QED) is 0.793. The number of amides is 2. The zero-order valence-electron chi connectivity index (χ0n) is 10.5. The zero-order chi connectivity index (χ0) is 14.6. The summed E-state index contributed by atoms with van der Waals surface area (Å²) in [7, 11) is 0. The van der Waals surface area contributed by atoms with E-state index in [0.29, 0.717) is 4.47 Å². The number of nitrogens with one attached hydrogen (secondary N) is 2. The maximum atomic E-state index is 13.4. The van der Waals surface area contributed by atoms with Crippen molar-refractivity contribution >= 4 is 33.6 Å². The Balaban J connectivity index is 2.61. The van der Waals surface area contributed by atoms with Crippen molar-refractivity contribution in [1.82, 2.24) is 5.32 Å². The first kappa shape index (κ1) is 15.4. The second kappa shape index (κ2) is 6.01. The maximum Gasteiger partial charge on any atom is 0.319 e. The third kappa shape index (κ3) is 4.51. The van der Waals surface area contributed by atoms with Gasteiger partial charge >= 0.3 is 12.0 Å². The lowest BCUT2D eigenvalue weighted by Gasteiger charge is -2.19. The fourth-order valence-corrected chi connectivity index (χ4v) is 1.50. The van der Waals surface area contributed by atoms with Crippen molar-refractivity contribution in [1.29, 1.82) is 0 Å². The normalized spacial score (nSPS) is 10.9. The fraction of sp³-hybridized carbons (Fsp3) is 0.333. The number of benzene rings is 1. The smallest absolute Gasteiger partial charge is 0.319 e. The first-order chi connectivity index (χ1) is 8.72. The number of urea groups is 1. The van der Waals surface area contributed by atoms with Crippen LogP contribution < -0.4 is 10.6 Å². The molecule has 1 aromatic carbocycles. The number of halogens is 2. The molecule has 3 N–H and O–H groups in total. The topological polar surface area (TPSA) is 78.4 Å². The molecule has 0 fully saturated rings. The molecule has 0 spiro atoms. The van der Waals surface area contributed by atoms with Crippen molar-refractivity contribution in [3.63, 3.8) is 0 Å². The Morgan fingerprint density at radius 1 is 1.42 bits per heavy atom. The Hall–Kier alpha value is -1.63. The predicted octanol–water partition coefficient (Wildman–Crippen LogP) is 2.82. The third-order valence-electron chi connectivity index (χ3n) is 2.45. The van der Waals surface area contributed by atoms with Crippen LogP contribution >= 0.6 is 15.9 Å². The second-order valence-corrected chi connectivity index (χ2v) is 5.54. The summed E-state index contributed by atoms with van der Waals surface area (Å²) in [5.41, 5.74) is -1.08. The number of hydrogen-bond acceptors (Lipinski definition) is 2. The molecule has 1 aromatic rings. The molecular weight excluding hydrogens is 319 g/mol. The van der Waals surface area contributed by atoms with Gasteiger partial charge in [0.15, 0.2) is 0 Å². The molecule has 0 bridgehead atoms. The average Bonchev–Trinajstić information content (AvgIpc) is 2.31. The highest BCUT2D eigenvalue weighted by atomic mass is 79.9. The first-order valence-corrected chi connectivity index (χ1v) is 6.25. The molecule has 0 heterocycles. The standard InChI is InChI=1S/C12H14BrFN2O3/c1-12(2,10(17)18)6-15-11(19)16-9-5-7(13)3-4-8(9)14/h3-5H,6H2,1-2H3,(H,17,18)(H2,15,16,19). The Morgan fingerprint density at radius 3 is 2.63 bits per heavy atom. The van der Waals surface area contributed by atoms with Crippen LogP contribution in [0, 0.1) is 11.2 Å². The van der Waals surface area contributed by atoms with Crippen LogP contribution in [-0.4, -0.2) is 23.7 Å². The molecular formula is C12H14BrFN2O3. The summed E-state index contributed by atoms with van der Waals surface area (Å²) in [4.78, 5) is 22.4. The van der Waals surface area contributed by atoms with E-state index in [9.17, 15) is 14.0 Å². The van der Waals surface area contributed by atoms with Crippen LogP contribution in [0.2, 0.25) is 0 Å². The van der Waals surface area contributed by atoms with Crippen molar-refractivity contribution in [2.75, 3.05) is 11.9 Å². The van der Waals surface area contributed by atoms with Crippen molar-refractivity contribution < 1.29 is 19.1 Å². The summed E-state index contributed by atoms with van der Waals surface area (Å²) in [5.74, 6) is -1.60. The van der Waals surface area contributed by atoms with Gasteiger partial charge in [0.2, 0.25) is 0 Å². The molecule has 0 aliphatic heterocycles. The number of rotatable bonds is 4. The van der Waals surface area contributed by atoms with E-state index in [1.165, 1.54) is 32.0 Å². The average molecular weight is 333 g/mol. The number of anilines is 1. The summed E-state index contributed by atoms with van der Waals surface area (Å²) in [5, 5.41) is 13.6. The van der Waals surface area contributed by atoms with Crippen LogP contribution in [0.4, 0.5) is 14.9 Å². The Morgan fingerprint density at radius 2 is 2.05 bits per heavy atom. The molecule has 0 saturated heterocycles. The fourth-order valence-electron chi connectivity index (χ4n) is 1.14. The monoisotopic (exact) mass is 332 g/mol. The van der Waals surface area contributed by atoms with Crippen LogP contribution in [0.3, 0.4) is 0 Å². The van der Waals surface area contributed by atoms with Crippen molar-refractivity contribution in [2.24, 2.45) is 5.41 Å². The number of carbonyl (C=O) groups excluding carboxylic acids is 1. The number of aliphatic carboxylic acids is 1. The van der Waals surface area contributed by atoms with E-state index in [1.807, 2.05) is 0 Å². The minimum atomic E-state index is -1.09. The van der Waals surface area contributed by atoms with E-state index in [0.717, 1.165) is 0 Å². The molecule has 2 amide bonds. The van der Waals surface area contributed by atoms with E-state index in [2.05, 4.69) is 26.6 Å². The summed E-state index contributed by atoms with van der Waals surface area (Å²) in [6.45, 7) is 2.90. The summed E-state index contributed by atoms with van der Waals surface area (Å²) < 4.78 is 14.0. The van der Waals surface area contributed by atoms with Gasteiger partial charge in [-0.2, -0.15) is 0 Å². The molecule has 104 valence electrons. The van der Waals surface area contributed by atoms with Gasteiger partial charge < -0.3 is 15.7 Å². The number of carboxylic acids is 1. The van der Waals surface area contributed by atoms with Crippen LogP contribution in [0.15, 0.2) is 22.7 Å². The highest BCUT2D eigenvalue weighted by Crippen LogP contribution is 2.20. The number of carbonyl (C=O) groups is 2. The van der Waals surface area contributed by atoms with Crippen molar-refractivity contribution in [2.45, 2.75) is 13.8 Å². The highest BCUT2D eigenvalue weighted by Gasteiger charge is 2.27. The third-order valence-corrected chi connectivity index (χ3v) is 2.94. The molecule has 7 heteroatoms. The second-order valence-electron chi connectivity index (χ2n) is 4.62. The van der Waals surface area contributed by atoms with Gasteiger partial charge in [-0.3, -0.25) is 4.79 Å². The van der Waals surface area contributed by atoms with E-state index in [-0.39, 0.29) is 12.2 Å². The van der Waals surface area contributed by atoms with Crippen molar-refractivity contribution in [3.8, 4) is 0 Å². The van der Waals surface area contributed by atoms with Crippen molar-refractivity contribution in [3.05, 3.63) is 28.5 Å². The highest BCUT2D eigenvalue weighted by molar-refractivity contribution is 9.10. The van der Waals surface area contributed by atoms with Gasteiger partial charge in [-0.15, -0.1) is 0 Å². The Kier molecular flexibility index (Phi) is 4.88. The first-order valence-electron chi connectivity index (χ1n) is 5.45. The van der Waals surface area contributed by atoms with Crippen LogP contribution in [-0.2, 0) is 4.79 Å². The summed E-state index contributed by atoms with van der Waals surface area (Å²) in [6, 6.07) is 3.47. The lowest BCUT2D eigenvalue weighted by atomic mass is 9.94. The van der Waals surface area contributed by atoms with Gasteiger partial charge in [0, 0.05) is 11.0 Å². The molecule has 0 atom stereocenters. The van der Waals surface area contributed by atoms with E-state index in [4.69, 9.17) is 5.11 Å². The molecule has 0 radical (unpaired) electrons.